The summed E-state index contributed by atoms with van der Waals surface area (Å²) >= 11 is 0. The molecule has 2 aromatic heterocycles. The summed E-state index contributed by atoms with van der Waals surface area (Å²) in [5, 5.41) is 17.9. The molecule has 6 heteroatoms. The Hall–Kier alpha value is -1.92. The van der Waals surface area contributed by atoms with Gasteiger partial charge in [0.1, 0.15) is 11.5 Å². The van der Waals surface area contributed by atoms with Crippen LogP contribution < -0.4 is 10.2 Å². The number of hydrogen-bond donors (Lipinski definition) is 2. The average Bonchev–Trinajstić information content (AvgIpc) is 2.30. The van der Waals surface area contributed by atoms with Gasteiger partial charge in [-0.2, -0.15) is 0 Å². The Kier molecular flexibility index (Phi) is 3.14. The second kappa shape index (κ2) is 4.74. The largest absolute Gasteiger partial charge is 0.490 e. The molecule has 0 aliphatic heterocycles. The highest BCUT2D eigenvalue weighted by atomic mass is 16.5. The number of hydrogen-bond acceptors (Lipinski definition) is 5. The standard InChI is InChI=1S/C10H9BN2O3/c14-11(15)8-4-10(7-13-5-8)16-9-2-1-3-12-6-9/h1-7,14-15H. The predicted octanol–water partition coefficient (Wildman–Crippen LogP) is -0.0513. The first-order valence-electron chi connectivity index (χ1n) is 4.64. The maximum atomic E-state index is 8.96. The molecule has 0 radical (unpaired) electrons. The van der Waals surface area contributed by atoms with Crippen molar-refractivity contribution < 1.29 is 14.8 Å². The van der Waals surface area contributed by atoms with Crippen LogP contribution in [-0.4, -0.2) is 27.1 Å². The Balaban J connectivity index is 2.19. The number of rotatable bonds is 3. The van der Waals surface area contributed by atoms with Gasteiger partial charge in [-0.15, -0.1) is 0 Å². The fourth-order valence-corrected chi connectivity index (χ4v) is 1.18. The van der Waals surface area contributed by atoms with Crippen LogP contribution in [-0.2, 0) is 0 Å². The van der Waals surface area contributed by atoms with Gasteiger partial charge in [0.05, 0.1) is 12.4 Å². The van der Waals surface area contributed by atoms with Crippen molar-refractivity contribution >= 4 is 12.6 Å². The highest BCUT2D eigenvalue weighted by Crippen LogP contribution is 2.17. The average molecular weight is 216 g/mol. The minimum atomic E-state index is -1.55. The van der Waals surface area contributed by atoms with Gasteiger partial charge < -0.3 is 14.8 Å². The van der Waals surface area contributed by atoms with Crippen LogP contribution >= 0.6 is 0 Å². The van der Waals surface area contributed by atoms with Crippen LogP contribution in [0.1, 0.15) is 0 Å². The summed E-state index contributed by atoms with van der Waals surface area (Å²) in [6, 6.07) is 4.99. The van der Waals surface area contributed by atoms with E-state index in [1.54, 1.807) is 24.5 Å². The van der Waals surface area contributed by atoms with E-state index in [0.717, 1.165) is 0 Å². The van der Waals surface area contributed by atoms with Crippen molar-refractivity contribution in [2.75, 3.05) is 0 Å². The first kappa shape index (κ1) is 10.6. The molecule has 0 bridgehead atoms. The fraction of sp³-hybridized carbons (Fsp3) is 0. The molecule has 0 saturated carbocycles. The van der Waals surface area contributed by atoms with Gasteiger partial charge in [-0.25, -0.2) is 0 Å². The SMILES string of the molecule is OB(O)c1cncc(Oc2cccnc2)c1. The number of nitrogens with zero attached hydrogens (tertiary/aromatic N) is 2. The van der Waals surface area contributed by atoms with Crippen LogP contribution in [0.5, 0.6) is 11.5 Å². The topological polar surface area (TPSA) is 75.5 Å². The van der Waals surface area contributed by atoms with E-state index >= 15 is 0 Å². The van der Waals surface area contributed by atoms with Gasteiger partial charge in [-0.05, 0) is 18.2 Å². The van der Waals surface area contributed by atoms with Gasteiger partial charge in [-0.1, -0.05) is 0 Å². The monoisotopic (exact) mass is 216 g/mol. The van der Waals surface area contributed by atoms with Gasteiger partial charge in [0, 0.05) is 17.9 Å². The molecule has 2 heterocycles. The third-order valence-corrected chi connectivity index (χ3v) is 1.90. The molecule has 2 rings (SSSR count). The van der Waals surface area contributed by atoms with E-state index in [1.807, 2.05) is 0 Å². The molecule has 80 valence electrons. The summed E-state index contributed by atoms with van der Waals surface area (Å²) in [5.74, 6) is 0.993. The van der Waals surface area contributed by atoms with E-state index in [2.05, 4.69) is 9.97 Å². The lowest BCUT2D eigenvalue weighted by Gasteiger charge is -2.05. The quantitative estimate of drug-likeness (QED) is 0.703. The molecule has 0 spiro atoms. The molecule has 2 aromatic rings. The minimum Gasteiger partial charge on any atom is -0.454 e. The van der Waals surface area contributed by atoms with Crippen molar-refractivity contribution in [2.24, 2.45) is 0 Å². The zero-order valence-electron chi connectivity index (χ0n) is 8.32. The zero-order valence-corrected chi connectivity index (χ0v) is 8.32. The van der Waals surface area contributed by atoms with Crippen LogP contribution in [0.15, 0.2) is 43.0 Å². The second-order valence-corrected chi connectivity index (χ2v) is 3.12. The highest BCUT2D eigenvalue weighted by molar-refractivity contribution is 6.58. The lowest BCUT2D eigenvalue weighted by atomic mass is 9.82. The maximum Gasteiger partial charge on any atom is 0.490 e. The zero-order chi connectivity index (χ0) is 11.4. The van der Waals surface area contributed by atoms with E-state index < -0.39 is 7.12 Å². The molecule has 0 aliphatic carbocycles. The number of pyridine rings is 2. The van der Waals surface area contributed by atoms with Crippen molar-refractivity contribution in [3.05, 3.63) is 43.0 Å². The van der Waals surface area contributed by atoms with Crippen molar-refractivity contribution in [3.63, 3.8) is 0 Å². The van der Waals surface area contributed by atoms with Crippen LogP contribution in [0.3, 0.4) is 0 Å². The van der Waals surface area contributed by atoms with Crippen molar-refractivity contribution in [1.82, 2.24) is 9.97 Å². The highest BCUT2D eigenvalue weighted by Gasteiger charge is 2.12. The van der Waals surface area contributed by atoms with E-state index in [0.29, 0.717) is 11.5 Å². The summed E-state index contributed by atoms with van der Waals surface area (Å²) in [6.45, 7) is 0. The molecule has 2 N–H and O–H groups in total. The third kappa shape index (κ3) is 2.56. The Bertz CT molecular complexity index is 465. The smallest absolute Gasteiger partial charge is 0.454 e. The van der Waals surface area contributed by atoms with Crippen molar-refractivity contribution in [1.29, 1.82) is 0 Å². The molecule has 0 atom stereocenters. The third-order valence-electron chi connectivity index (χ3n) is 1.90. The van der Waals surface area contributed by atoms with Crippen molar-refractivity contribution in [3.8, 4) is 11.5 Å². The summed E-state index contributed by atoms with van der Waals surface area (Å²) in [5.41, 5.74) is 0.279. The first-order valence-corrected chi connectivity index (χ1v) is 4.64. The molecule has 0 aromatic carbocycles. The van der Waals surface area contributed by atoms with Gasteiger partial charge in [0.15, 0.2) is 0 Å². The molecular weight excluding hydrogens is 207 g/mol. The Morgan fingerprint density at radius 3 is 2.56 bits per heavy atom. The number of aromatic nitrogens is 2. The summed E-state index contributed by atoms with van der Waals surface area (Å²) in [7, 11) is -1.55. The Morgan fingerprint density at radius 1 is 1.06 bits per heavy atom. The molecule has 0 unspecified atom stereocenters. The van der Waals surface area contributed by atoms with Gasteiger partial charge in [0.25, 0.3) is 0 Å². The summed E-state index contributed by atoms with van der Waals surface area (Å²) in [6.07, 6.45) is 6.04. The van der Waals surface area contributed by atoms with Crippen LogP contribution in [0.2, 0.25) is 0 Å². The lowest BCUT2D eigenvalue weighted by Crippen LogP contribution is -2.29. The predicted molar refractivity (Wildman–Crippen MR) is 58.4 cm³/mol. The molecule has 0 amide bonds. The first-order chi connectivity index (χ1) is 7.75. The molecular formula is C10H9BN2O3. The molecule has 0 fully saturated rings. The Morgan fingerprint density at radius 2 is 1.88 bits per heavy atom. The van der Waals surface area contributed by atoms with Crippen molar-refractivity contribution in [2.45, 2.75) is 0 Å². The molecule has 5 nitrogen and oxygen atoms in total. The van der Waals surface area contributed by atoms with E-state index in [-0.39, 0.29) is 5.46 Å². The van der Waals surface area contributed by atoms with E-state index in [9.17, 15) is 0 Å². The summed E-state index contributed by atoms with van der Waals surface area (Å²) < 4.78 is 5.42. The van der Waals surface area contributed by atoms with Crippen LogP contribution in [0.4, 0.5) is 0 Å². The van der Waals surface area contributed by atoms with Crippen LogP contribution in [0.25, 0.3) is 0 Å². The maximum absolute atomic E-state index is 8.96. The van der Waals surface area contributed by atoms with Crippen LogP contribution in [0, 0.1) is 0 Å². The lowest BCUT2D eigenvalue weighted by molar-refractivity contribution is 0.424. The second-order valence-electron chi connectivity index (χ2n) is 3.12. The van der Waals surface area contributed by atoms with Gasteiger partial charge in [-0.3, -0.25) is 9.97 Å². The fourth-order valence-electron chi connectivity index (χ4n) is 1.18. The molecule has 0 saturated heterocycles. The normalized spacial score (nSPS) is 9.88. The van der Waals surface area contributed by atoms with Gasteiger partial charge >= 0.3 is 7.12 Å². The molecule has 0 aliphatic rings. The summed E-state index contributed by atoms with van der Waals surface area (Å²) in [4.78, 5) is 7.73. The van der Waals surface area contributed by atoms with Gasteiger partial charge in [0.2, 0.25) is 0 Å². The van der Waals surface area contributed by atoms with E-state index in [1.165, 1.54) is 18.5 Å². The Labute approximate surface area is 92.5 Å². The number of ether oxygens (including phenoxy) is 1. The minimum absolute atomic E-state index is 0.279. The van der Waals surface area contributed by atoms with E-state index in [4.69, 9.17) is 14.8 Å². The molecule has 16 heavy (non-hydrogen) atoms.